The molecule has 25 heavy (non-hydrogen) atoms. The number of hydrogen-bond donors (Lipinski definition) is 2. The maximum absolute atomic E-state index is 12.3. The number of nitrogens with one attached hydrogen (secondary N) is 1. The van der Waals surface area contributed by atoms with Crippen LogP contribution in [0.5, 0.6) is 5.75 Å². The quantitative estimate of drug-likeness (QED) is 0.873. The third kappa shape index (κ3) is 3.79. The van der Waals surface area contributed by atoms with Crippen LogP contribution in [-0.2, 0) is 6.42 Å². The van der Waals surface area contributed by atoms with Crippen molar-refractivity contribution in [1.29, 1.82) is 0 Å². The van der Waals surface area contributed by atoms with Gasteiger partial charge < -0.3 is 15.2 Å². The Balaban J connectivity index is 1.69. The van der Waals surface area contributed by atoms with Gasteiger partial charge in [-0.1, -0.05) is 12.1 Å². The number of nitrogens with zero attached hydrogens (tertiary/aromatic N) is 1. The third-order valence-electron chi connectivity index (χ3n) is 4.50. The summed E-state index contributed by atoms with van der Waals surface area (Å²) in [7, 11) is 1.65. The molecule has 1 aliphatic carbocycles. The zero-order valence-electron chi connectivity index (χ0n) is 14.0. The normalized spacial score (nSPS) is 16.0. The van der Waals surface area contributed by atoms with Gasteiger partial charge in [-0.2, -0.15) is 0 Å². The molecule has 0 radical (unpaired) electrons. The van der Waals surface area contributed by atoms with E-state index in [2.05, 4.69) is 22.4 Å². The van der Waals surface area contributed by atoms with E-state index in [-0.39, 0.29) is 23.2 Å². The molecule has 2 aromatic rings. The number of amides is 1. The van der Waals surface area contributed by atoms with Crippen LogP contribution in [0, 0.1) is 0 Å². The highest BCUT2D eigenvalue weighted by Gasteiger charge is 2.22. The predicted octanol–water partition coefficient (Wildman–Crippen LogP) is 2.64. The Labute approximate surface area is 145 Å². The molecule has 0 fully saturated rings. The molecule has 1 unspecified atom stereocenters. The first-order valence-corrected chi connectivity index (χ1v) is 8.24. The van der Waals surface area contributed by atoms with Gasteiger partial charge in [0.05, 0.1) is 7.11 Å². The number of carbonyl (C=O) groups excluding carboxylic acids is 1. The number of aryl methyl sites for hydroxylation is 1. The van der Waals surface area contributed by atoms with E-state index in [0.29, 0.717) is 6.54 Å². The zero-order valence-corrected chi connectivity index (χ0v) is 14.0. The van der Waals surface area contributed by atoms with Crippen LogP contribution in [-0.4, -0.2) is 35.6 Å². The van der Waals surface area contributed by atoms with E-state index >= 15 is 0 Å². The summed E-state index contributed by atoms with van der Waals surface area (Å²) in [6.07, 6.45) is 3.08. The van der Waals surface area contributed by atoms with E-state index in [0.717, 1.165) is 25.0 Å². The molecule has 2 N–H and O–H groups in total. The van der Waals surface area contributed by atoms with Gasteiger partial charge in [0.2, 0.25) is 0 Å². The molecular weight excluding hydrogens is 320 g/mol. The number of rotatable bonds is 5. The lowest BCUT2D eigenvalue weighted by Gasteiger charge is -2.26. The molecule has 0 bridgehead atoms. The monoisotopic (exact) mass is 340 g/mol. The molecule has 130 valence electrons. The van der Waals surface area contributed by atoms with Gasteiger partial charge in [0, 0.05) is 12.5 Å². The molecule has 1 atom stereocenters. The highest BCUT2D eigenvalue weighted by molar-refractivity contribution is 5.94. The van der Waals surface area contributed by atoms with Crippen LogP contribution in [0.15, 0.2) is 36.4 Å². The smallest absolute Gasteiger partial charge is 0.354 e. The standard InChI is InChI=1S/C19H20N2O4/c1-25-14-8-9-15-12(10-14)4-2-5-13(15)11-20-18(22)16-6-3-7-17(21-16)19(23)24/h3,6-10,13H,2,4-5,11H2,1H3,(H,20,22)(H,23,24). The van der Waals surface area contributed by atoms with E-state index in [4.69, 9.17) is 9.84 Å². The fourth-order valence-corrected chi connectivity index (χ4v) is 3.22. The number of benzene rings is 1. The minimum Gasteiger partial charge on any atom is -0.497 e. The van der Waals surface area contributed by atoms with Crippen molar-refractivity contribution in [3.8, 4) is 5.75 Å². The molecule has 3 rings (SSSR count). The number of ether oxygens (including phenoxy) is 1. The van der Waals surface area contributed by atoms with Crippen LogP contribution in [0.2, 0.25) is 0 Å². The van der Waals surface area contributed by atoms with Gasteiger partial charge in [-0.15, -0.1) is 0 Å². The minimum absolute atomic E-state index is 0.116. The molecule has 0 saturated carbocycles. The number of carboxylic acids is 1. The van der Waals surface area contributed by atoms with Crippen LogP contribution in [0.1, 0.15) is 50.9 Å². The lowest BCUT2D eigenvalue weighted by Crippen LogP contribution is -2.30. The lowest BCUT2D eigenvalue weighted by molar-refractivity contribution is 0.0690. The van der Waals surface area contributed by atoms with Crippen molar-refractivity contribution in [2.45, 2.75) is 25.2 Å². The van der Waals surface area contributed by atoms with Gasteiger partial charge in [-0.25, -0.2) is 9.78 Å². The number of carboxylic acid groups (broad SMARTS) is 1. The second kappa shape index (κ2) is 7.34. The van der Waals surface area contributed by atoms with Crippen molar-refractivity contribution < 1.29 is 19.4 Å². The molecule has 6 heteroatoms. The SMILES string of the molecule is COc1ccc2c(c1)CCCC2CNC(=O)c1cccc(C(=O)O)n1. The average Bonchev–Trinajstić information content (AvgIpc) is 2.65. The van der Waals surface area contributed by atoms with Gasteiger partial charge in [0.25, 0.3) is 5.91 Å². The molecule has 6 nitrogen and oxygen atoms in total. The van der Waals surface area contributed by atoms with Gasteiger partial charge in [0.15, 0.2) is 0 Å². The Kier molecular flexibility index (Phi) is 4.97. The first-order chi connectivity index (χ1) is 12.1. The number of hydrogen-bond acceptors (Lipinski definition) is 4. The van der Waals surface area contributed by atoms with E-state index in [9.17, 15) is 9.59 Å². The van der Waals surface area contributed by atoms with E-state index in [1.807, 2.05) is 6.07 Å². The summed E-state index contributed by atoms with van der Waals surface area (Å²) in [5.41, 5.74) is 2.48. The number of fused-ring (bicyclic) bond motifs is 1. The fraction of sp³-hybridized carbons (Fsp3) is 0.316. The first kappa shape index (κ1) is 17.0. The predicted molar refractivity (Wildman–Crippen MR) is 92.2 cm³/mol. The maximum atomic E-state index is 12.3. The Hall–Kier alpha value is -2.89. The maximum Gasteiger partial charge on any atom is 0.354 e. The summed E-state index contributed by atoms with van der Waals surface area (Å²) in [4.78, 5) is 27.1. The van der Waals surface area contributed by atoms with Crippen molar-refractivity contribution >= 4 is 11.9 Å². The molecule has 1 aromatic carbocycles. The number of carbonyl (C=O) groups is 2. The molecule has 0 saturated heterocycles. The van der Waals surface area contributed by atoms with Crippen LogP contribution < -0.4 is 10.1 Å². The second-order valence-corrected chi connectivity index (χ2v) is 6.08. The average molecular weight is 340 g/mol. The Bertz CT molecular complexity index is 804. The van der Waals surface area contributed by atoms with Gasteiger partial charge in [0.1, 0.15) is 17.1 Å². The summed E-state index contributed by atoms with van der Waals surface area (Å²) in [5.74, 6) is -0.423. The highest BCUT2D eigenvalue weighted by atomic mass is 16.5. The Morgan fingerprint density at radius 2 is 2.08 bits per heavy atom. The second-order valence-electron chi connectivity index (χ2n) is 6.08. The summed E-state index contributed by atoms with van der Waals surface area (Å²) in [6.45, 7) is 0.497. The fourth-order valence-electron chi connectivity index (χ4n) is 3.22. The molecule has 1 aromatic heterocycles. The third-order valence-corrected chi connectivity index (χ3v) is 4.50. The number of pyridine rings is 1. The lowest BCUT2D eigenvalue weighted by atomic mass is 9.82. The topological polar surface area (TPSA) is 88.5 Å². The van der Waals surface area contributed by atoms with E-state index in [1.165, 1.54) is 29.3 Å². The number of methoxy groups -OCH3 is 1. The highest BCUT2D eigenvalue weighted by Crippen LogP contribution is 2.33. The number of aromatic carboxylic acids is 1. The molecule has 0 spiro atoms. The van der Waals surface area contributed by atoms with Crippen molar-refractivity contribution in [3.63, 3.8) is 0 Å². The van der Waals surface area contributed by atoms with Crippen LogP contribution in [0.4, 0.5) is 0 Å². The van der Waals surface area contributed by atoms with Gasteiger partial charge in [-0.05, 0) is 54.7 Å². The van der Waals surface area contributed by atoms with Crippen molar-refractivity contribution in [2.75, 3.05) is 13.7 Å². The summed E-state index contributed by atoms with van der Waals surface area (Å²) < 4.78 is 5.28. The molecule has 1 aliphatic rings. The molecular formula is C19H20N2O4. The van der Waals surface area contributed by atoms with Gasteiger partial charge in [-0.3, -0.25) is 4.79 Å². The summed E-state index contributed by atoms with van der Waals surface area (Å²) in [6, 6.07) is 10.5. The van der Waals surface area contributed by atoms with E-state index in [1.54, 1.807) is 7.11 Å². The van der Waals surface area contributed by atoms with Crippen molar-refractivity contribution in [3.05, 3.63) is 58.9 Å². The first-order valence-electron chi connectivity index (χ1n) is 8.24. The van der Waals surface area contributed by atoms with Crippen molar-refractivity contribution in [2.24, 2.45) is 0 Å². The van der Waals surface area contributed by atoms with E-state index < -0.39 is 5.97 Å². The molecule has 1 heterocycles. The Morgan fingerprint density at radius 3 is 2.84 bits per heavy atom. The van der Waals surface area contributed by atoms with Crippen LogP contribution >= 0.6 is 0 Å². The molecule has 0 aliphatic heterocycles. The van der Waals surface area contributed by atoms with Crippen LogP contribution in [0.25, 0.3) is 0 Å². The molecule has 1 amide bonds. The zero-order chi connectivity index (χ0) is 17.8. The largest absolute Gasteiger partial charge is 0.497 e. The minimum atomic E-state index is -1.15. The Morgan fingerprint density at radius 1 is 1.28 bits per heavy atom. The van der Waals surface area contributed by atoms with Gasteiger partial charge >= 0.3 is 5.97 Å². The van der Waals surface area contributed by atoms with Crippen LogP contribution in [0.3, 0.4) is 0 Å². The van der Waals surface area contributed by atoms with Crippen molar-refractivity contribution in [1.82, 2.24) is 10.3 Å². The summed E-state index contributed by atoms with van der Waals surface area (Å²) in [5, 5.41) is 11.9. The summed E-state index contributed by atoms with van der Waals surface area (Å²) >= 11 is 0. The number of aromatic nitrogens is 1.